The Morgan fingerprint density at radius 2 is 1.32 bits per heavy atom. The molecule has 2 nitrogen and oxygen atoms in total. The molecule has 0 amide bonds. The van der Waals surface area contributed by atoms with E-state index in [1.807, 2.05) is 60.7 Å². The van der Waals surface area contributed by atoms with Crippen LogP contribution in [0.25, 0.3) is 11.0 Å². The number of rotatable bonds is 4. The van der Waals surface area contributed by atoms with Gasteiger partial charge in [-0.2, -0.15) is 0 Å². The smallest absolute Gasteiger partial charge is 0.167 e. The summed E-state index contributed by atoms with van der Waals surface area (Å²) in [4.78, 5) is 10.1. The van der Waals surface area contributed by atoms with Crippen LogP contribution in [-0.2, 0) is 0 Å². The van der Waals surface area contributed by atoms with Crippen LogP contribution in [0.15, 0.2) is 87.7 Å². The molecule has 1 N–H and O–H groups in total. The topological polar surface area (TPSA) is 28.7 Å². The fourth-order valence-corrected chi connectivity index (χ4v) is 4.77. The number of nitrogens with zero attached hydrogens (tertiary/aromatic N) is 1. The van der Waals surface area contributed by atoms with Crippen molar-refractivity contribution in [1.82, 2.24) is 9.97 Å². The number of imidazole rings is 1. The van der Waals surface area contributed by atoms with E-state index in [4.69, 9.17) is 4.98 Å². The highest BCUT2D eigenvalue weighted by Gasteiger charge is 2.21. The number of nitrogens with one attached hydrogen (secondary N) is 1. The van der Waals surface area contributed by atoms with Gasteiger partial charge in [0.2, 0.25) is 0 Å². The molecule has 5 heteroatoms. The van der Waals surface area contributed by atoms with Gasteiger partial charge in [0.05, 0.1) is 16.3 Å². The van der Waals surface area contributed by atoms with Crippen LogP contribution in [0.2, 0.25) is 0 Å². The maximum absolute atomic E-state index is 4.72. The third kappa shape index (κ3) is 3.45. The van der Waals surface area contributed by atoms with Crippen molar-refractivity contribution < 1.29 is 0 Å². The quantitative estimate of drug-likeness (QED) is 0.298. The van der Waals surface area contributed by atoms with Gasteiger partial charge >= 0.3 is 0 Å². The summed E-state index contributed by atoms with van der Waals surface area (Å²) in [6.07, 6.45) is 0. The summed E-state index contributed by atoms with van der Waals surface area (Å²) < 4.78 is 0. The zero-order valence-electron chi connectivity index (χ0n) is 13.3. The van der Waals surface area contributed by atoms with E-state index in [9.17, 15) is 0 Å². The van der Waals surface area contributed by atoms with E-state index >= 15 is 0 Å². The molecule has 0 saturated heterocycles. The number of para-hydroxylation sites is 2. The molecule has 0 saturated carbocycles. The van der Waals surface area contributed by atoms with Crippen molar-refractivity contribution in [2.45, 2.75) is 20.2 Å². The lowest BCUT2D eigenvalue weighted by Gasteiger charge is -2.19. The Kier molecular flexibility index (Phi) is 4.79. The number of hydrogen-bond acceptors (Lipinski definition) is 4. The zero-order valence-corrected chi connectivity index (χ0v) is 15.9. The van der Waals surface area contributed by atoms with E-state index < -0.39 is 0 Å². The molecule has 4 aromatic rings. The van der Waals surface area contributed by atoms with Gasteiger partial charge in [-0.1, -0.05) is 60.3 Å². The van der Waals surface area contributed by atoms with Crippen molar-refractivity contribution in [1.29, 1.82) is 0 Å². The van der Waals surface area contributed by atoms with Crippen LogP contribution in [-0.4, -0.2) is 9.97 Å². The zero-order chi connectivity index (χ0) is 17.2. The van der Waals surface area contributed by atoms with Crippen LogP contribution in [0.5, 0.6) is 0 Å². The van der Waals surface area contributed by atoms with Gasteiger partial charge in [0.1, 0.15) is 0 Å². The van der Waals surface area contributed by atoms with Gasteiger partial charge in [-0.3, -0.25) is 0 Å². The highest BCUT2D eigenvalue weighted by Crippen LogP contribution is 2.43. The van der Waals surface area contributed by atoms with Gasteiger partial charge < -0.3 is 4.98 Å². The average molecular weight is 381 g/mol. The Labute approximate surface area is 161 Å². The molecule has 1 aromatic heterocycles. The summed E-state index contributed by atoms with van der Waals surface area (Å²) in [5.41, 5.74) is 4.32. The first-order chi connectivity index (χ1) is 12.2. The van der Waals surface area contributed by atoms with Gasteiger partial charge in [-0.15, -0.1) is 25.3 Å². The molecule has 25 heavy (non-hydrogen) atoms. The van der Waals surface area contributed by atoms with Gasteiger partial charge in [0, 0.05) is 9.79 Å². The van der Waals surface area contributed by atoms with Crippen LogP contribution in [0, 0.1) is 0 Å². The molecule has 0 aliphatic carbocycles. The lowest BCUT2D eigenvalue weighted by atomic mass is 10.0. The predicted molar refractivity (Wildman–Crippen MR) is 111 cm³/mol. The van der Waals surface area contributed by atoms with Gasteiger partial charge in [-0.25, -0.2) is 4.98 Å². The molecule has 0 spiro atoms. The SMILES string of the molecule is Sc1ccccc1C(Sc1nc2ccccc2[nH]1)c1ccccc1S. The van der Waals surface area contributed by atoms with Crippen LogP contribution in [0.3, 0.4) is 0 Å². The summed E-state index contributed by atoms with van der Waals surface area (Å²) in [6.45, 7) is 0. The molecule has 1 heterocycles. The number of thioether (sulfide) groups is 1. The number of fused-ring (bicyclic) bond motifs is 1. The van der Waals surface area contributed by atoms with Crippen molar-refractivity contribution in [2.75, 3.05) is 0 Å². The molecular weight excluding hydrogens is 364 g/mol. The van der Waals surface area contributed by atoms with E-state index in [0.717, 1.165) is 37.1 Å². The molecule has 0 aliphatic heterocycles. The second kappa shape index (κ2) is 7.20. The summed E-state index contributed by atoms with van der Waals surface area (Å²) >= 11 is 11.0. The first-order valence-electron chi connectivity index (χ1n) is 7.89. The van der Waals surface area contributed by atoms with Gasteiger partial charge in [0.15, 0.2) is 5.16 Å². The fourth-order valence-electron chi connectivity index (χ4n) is 2.81. The Hall–Kier alpha value is -1.82. The average Bonchev–Trinajstić information content (AvgIpc) is 3.04. The second-order valence-electron chi connectivity index (χ2n) is 5.67. The van der Waals surface area contributed by atoms with E-state index in [0.29, 0.717) is 0 Å². The Morgan fingerprint density at radius 1 is 0.760 bits per heavy atom. The molecule has 0 fully saturated rings. The molecule has 0 bridgehead atoms. The lowest BCUT2D eigenvalue weighted by molar-refractivity contribution is 1.02. The third-order valence-corrected chi connectivity index (χ3v) is 6.01. The lowest BCUT2D eigenvalue weighted by Crippen LogP contribution is -2.00. The highest BCUT2D eigenvalue weighted by atomic mass is 32.2. The highest BCUT2D eigenvalue weighted by molar-refractivity contribution is 7.99. The minimum Gasteiger partial charge on any atom is -0.333 e. The first-order valence-corrected chi connectivity index (χ1v) is 9.67. The van der Waals surface area contributed by atoms with Crippen molar-refractivity contribution in [3.8, 4) is 0 Å². The molecule has 124 valence electrons. The van der Waals surface area contributed by atoms with Crippen LogP contribution in [0.1, 0.15) is 16.4 Å². The summed E-state index contributed by atoms with van der Waals surface area (Å²) in [6, 6.07) is 24.4. The largest absolute Gasteiger partial charge is 0.333 e. The normalized spacial score (nSPS) is 11.3. The number of aromatic amines is 1. The fraction of sp³-hybridized carbons (Fsp3) is 0.0500. The van der Waals surface area contributed by atoms with Gasteiger partial charge in [0.25, 0.3) is 0 Å². The van der Waals surface area contributed by atoms with Crippen LogP contribution in [0.4, 0.5) is 0 Å². The number of benzene rings is 3. The molecule has 4 rings (SSSR count). The minimum absolute atomic E-state index is 0.0583. The van der Waals surface area contributed by atoms with Crippen molar-refractivity contribution in [3.63, 3.8) is 0 Å². The first kappa shape index (κ1) is 16.6. The minimum atomic E-state index is 0.0583. The second-order valence-corrected chi connectivity index (χ2v) is 7.73. The van der Waals surface area contributed by atoms with Crippen LogP contribution >= 0.6 is 37.0 Å². The maximum atomic E-state index is 4.72. The van der Waals surface area contributed by atoms with Crippen molar-refractivity contribution in [2.24, 2.45) is 0 Å². The van der Waals surface area contributed by atoms with E-state index in [-0.39, 0.29) is 5.25 Å². The molecule has 0 atom stereocenters. The number of thiol groups is 2. The Balaban J connectivity index is 1.80. The number of H-pyrrole nitrogens is 1. The Morgan fingerprint density at radius 3 is 1.92 bits per heavy atom. The van der Waals surface area contributed by atoms with Crippen molar-refractivity contribution >= 4 is 48.1 Å². The summed E-state index contributed by atoms with van der Waals surface area (Å²) in [5.74, 6) is 0. The summed E-state index contributed by atoms with van der Waals surface area (Å²) in [7, 11) is 0. The number of hydrogen-bond donors (Lipinski definition) is 3. The molecule has 0 unspecified atom stereocenters. The van der Waals surface area contributed by atoms with Gasteiger partial charge in [-0.05, 0) is 35.4 Å². The van der Waals surface area contributed by atoms with E-state index in [1.165, 1.54) is 0 Å². The molecule has 3 aromatic carbocycles. The monoisotopic (exact) mass is 380 g/mol. The molecule has 0 aliphatic rings. The third-order valence-electron chi connectivity index (χ3n) is 4.04. The predicted octanol–water partition coefficient (Wildman–Crippen LogP) is 6.02. The van der Waals surface area contributed by atoms with E-state index in [2.05, 4.69) is 42.4 Å². The van der Waals surface area contributed by atoms with E-state index in [1.54, 1.807) is 11.8 Å². The maximum Gasteiger partial charge on any atom is 0.167 e. The number of aromatic nitrogens is 2. The van der Waals surface area contributed by atoms with Crippen LogP contribution < -0.4 is 0 Å². The summed E-state index contributed by atoms with van der Waals surface area (Å²) in [5, 5.41) is 0.947. The standard InChI is InChI=1S/C20H16N2S3/c23-17-11-5-1-7-13(17)19(14-8-2-6-12-18(14)24)25-20-21-15-9-3-4-10-16(15)22-20/h1-12,19,23-24H,(H,21,22). The van der Waals surface area contributed by atoms with Crippen molar-refractivity contribution in [3.05, 3.63) is 83.9 Å². The molecule has 0 radical (unpaired) electrons. The Bertz CT molecular complexity index is 948. The molecular formula is C20H16N2S3.